The van der Waals surface area contributed by atoms with Crippen molar-refractivity contribution in [3.8, 4) is 5.69 Å². The van der Waals surface area contributed by atoms with Crippen molar-refractivity contribution in [2.24, 2.45) is 0 Å². The topological polar surface area (TPSA) is 45.6 Å². The van der Waals surface area contributed by atoms with E-state index >= 15 is 0 Å². The molecule has 0 spiro atoms. The van der Waals surface area contributed by atoms with Gasteiger partial charge in [0.2, 0.25) is 5.91 Å². The molecule has 3 aromatic carbocycles. The van der Waals surface area contributed by atoms with E-state index in [1.54, 1.807) is 49.5 Å². The predicted molar refractivity (Wildman–Crippen MR) is 149 cm³/mol. The molecule has 1 aliphatic heterocycles. The predicted octanol–water partition coefficient (Wildman–Crippen LogP) is 8.03. The van der Waals surface area contributed by atoms with Gasteiger partial charge in [-0.25, -0.2) is 4.39 Å². The van der Waals surface area contributed by atoms with Gasteiger partial charge in [-0.05, 0) is 66.6 Å². The zero-order chi connectivity index (χ0) is 31.8. The SMILES string of the molecule is CCCCN(CC(=O)N1c2ccccc2-n2cccc2C1c1ccc(F)cc1)C(=O)c1cc(C(F)(F)F)cc(C(F)(F)F)c1. The molecule has 2 heterocycles. The van der Waals surface area contributed by atoms with Crippen molar-refractivity contribution in [2.45, 2.75) is 38.2 Å². The summed E-state index contributed by atoms with van der Waals surface area (Å²) in [5.41, 5.74) is -1.79. The first-order valence-corrected chi connectivity index (χ1v) is 13.7. The Hall–Kier alpha value is -4.61. The van der Waals surface area contributed by atoms with Crippen LogP contribution in [-0.2, 0) is 17.1 Å². The Morgan fingerprint density at radius 1 is 0.818 bits per heavy atom. The quantitative estimate of drug-likeness (QED) is 0.197. The van der Waals surface area contributed by atoms with Crippen molar-refractivity contribution >= 4 is 17.5 Å². The molecule has 12 heteroatoms. The number of hydrogen-bond acceptors (Lipinski definition) is 2. The smallest absolute Gasteiger partial charge is 0.329 e. The van der Waals surface area contributed by atoms with E-state index in [2.05, 4.69) is 0 Å². The van der Waals surface area contributed by atoms with E-state index in [1.165, 1.54) is 29.2 Å². The van der Waals surface area contributed by atoms with Gasteiger partial charge in [0.25, 0.3) is 5.91 Å². The van der Waals surface area contributed by atoms with E-state index in [0.29, 0.717) is 47.6 Å². The molecule has 1 unspecified atom stereocenters. The molecule has 2 amide bonds. The number of fused-ring (bicyclic) bond motifs is 3. The minimum atomic E-state index is -5.14. The summed E-state index contributed by atoms with van der Waals surface area (Å²) in [6.45, 7) is 1.06. The summed E-state index contributed by atoms with van der Waals surface area (Å²) in [6, 6.07) is 15.9. The average molecular weight is 618 g/mol. The van der Waals surface area contributed by atoms with Crippen LogP contribution in [0.15, 0.2) is 85.1 Å². The molecule has 230 valence electrons. The van der Waals surface area contributed by atoms with Crippen LogP contribution in [0.3, 0.4) is 0 Å². The number of hydrogen-bond donors (Lipinski definition) is 0. The number of para-hydroxylation sites is 2. The Labute approximate surface area is 248 Å². The van der Waals surface area contributed by atoms with Gasteiger partial charge in [0, 0.05) is 18.3 Å². The number of anilines is 1. The molecule has 0 N–H and O–H groups in total. The monoisotopic (exact) mass is 617 g/mol. The Bertz CT molecular complexity index is 1640. The third kappa shape index (κ3) is 6.06. The highest BCUT2D eigenvalue weighted by Crippen LogP contribution is 2.42. The number of carbonyl (C=O) groups excluding carboxylic acids is 2. The molecule has 5 rings (SSSR count). The molecule has 0 fully saturated rings. The molecule has 0 aliphatic carbocycles. The van der Waals surface area contributed by atoms with E-state index in [9.17, 15) is 40.3 Å². The number of alkyl halides is 6. The van der Waals surface area contributed by atoms with E-state index < -0.39 is 59.3 Å². The Kier molecular flexibility index (Phi) is 8.28. The van der Waals surface area contributed by atoms with Crippen LogP contribution in [0.4, 0.5) is 36.4 Å². The zero-order valence-electron chi connectivity index (χ0n) is 23.3. The number of unbranched alkanes of at least 4 members (excludes halogenated alkanes) is 1. The highest BCUT2D eigenvalue weighted by atomic mass is 19.4. The van der Waals surface area contributed by atoms with Gasteiger partial charge in [-0.15, -0.1) is 0 Å². The number of benzene rings is 3. The fourth-order valence-corrected chi connectivity index (χ4v) is 5.32. The van der Waals surface area contributed by atoms with Crippen molar-refractivity contribution in [1.82, 2.24) is 9.47 Å². The summed E-state index contributed by atoms with van der Waals surface area (Å²) < 4.78 is 97.0. The molecule has 0 radical (unpaired) electrons. The van der Waals surface area contributed by atoms with E-state index in [1.807, 2.05) is 4.57 Å². The van der Waals surface area contributed by atoms with Crippen molar-refractivity contribution in [3.63, 3.8) is 0 Å². The zero-order valence-corrected chi connectivity index (χ0v) is 23.3. The lowest BCUT2D eigenvalue weighted by Crippen LogP contribution is -2.47. The molecule has 5 nitrogen and oxygen atoms in total. The second kappa shape index (κ2) is 11.8. The highest BCUT2D eigenvalue weighted by Gasteiger charge is 2.40. The number of rotatable bonds is 7. The largest absolute Gasteiger partial charge is 0.416 e. The summed E-state index contributed by atoms with van der Waals surface area (Å²) >= 11 is 0. The van der Waals surface area contributed by atoms with Gasteiger partial charge >= 0.3 is 12.4 Å². The first kappa shape index (κ1) is 30.8. The van der Waals surface area contributed by atoms with E-state index in [0.717, 1.165) is 4.90 Å². The second-order valence-corrected chi connectivity index (χ2v) is 10.4. The number of nitrogens with zero attached hydrogens (tertiary/aromatic N) is 3. The van der Waals surface area contributed by atoms with Crippen LogP contribution >= 0.6 is 0 Å². The normalized spacial score (nSPS) is 14.6. The fraction of sp³-hybridized carbons (Fsp3) is 0.250. The van der Waals surface area contributed by atoms with Crippen LogP contribution in [-0.4, -0.2) is 34.4 Å². The lowest BCUT2D eigenvalue weighted by atomic mass is 9.97. The number of halogens is 7. The van der Waals surface area contributed by atoms with Gasteiger partial charge in [-0.1, -0.05) is 37.6 Å². The van der Waals surface area contributed by atoms with Crippen LogP contribution in [0, 0.1) is 5.82 Å². The van der Waals surface area contributed by atoms with Gasteiger partial charge < -0.3 is 9.47 Å². The summed E-state index contributed by atoms with van der Waals surface area (Å²) in [6.07, 6.45) is -7.61. The number of amides is 2. The van der Waals surface area contributed by atoms with E-state index in [-0.39, 0.29) is 12.6 Å². The van der Waals surface area contributed by atoms with Crippen LogP contribution in [0.25, 0.3) is 5.69 Å². The molecule has 0 bridgehead atoms. The number of carbonyl (C=O) groups is 2. The first-order chi connectivity index (χ1) is 20.8. The molecule has 1 aromatic heterocycles. The standard InChI is InChI=1S/C32H26F7N3O2/c1-2-3-14-40(30(44)21-16-22(31(34,35)36)18-23(17-21)32(37,38)39)19-28(43)42-26-8-5-4-7-25(26)41-15-6-9-27(41)29(42)20-10-12-24(33)13-11-20/h4-13,15-18,29H,2-3,14,19H2,1H3. The van der Waals surface area contributed by atoms with Gasteiger partial charge in [0.1, 0.15) is 18.4 Å². The Morgan fingerprint density at radius 2 is 1.43 bits per heavy atom. The fourth-order valence-electron chi connectivity index (χ4n) is 5.32. The van der Waals surface area contributed by atoms with Gasteiger partial charge in [-0.2, -0.15) is 26.3 Å². The van der Waals surface area contributed by atoms with Gasteiger partial charge in [-0.3, -0.25) is 14.5 Å². The number of aromatic nitrogens is 1. The van der Waals surface area contributed by atoms with Gasteiger partial charge in [0.05, 0.1) is 28.2 Å². The second-order valence-electron chi connectivity index (χ2n) is 10.4. The highest BCUT2D eigenvalue weighted by molar-refractivity contribution is 6.02. The van der Waals surface area contributed by atoms with Crippen molar-refractivity contribution < 1.29 is 40.3 Å². The molecule has 4 aromatic rings. The Balaban J connectivity index is 1.57. The van der Waals surface area contributed by atoms with Crippen molar-refractivity contribution in [1.29, 1.82) is 0 Å². The molecular weight excluding hydrogens is 591 g/mol. The summed E-state index contributed by atoms with van der Waals surface area (Å²) in [7, 11) is 0. The lowest BCUT2D eigenvalue weighted by molar-refractivity contribution is -0.143. The molecule has 1 aliphatic rings. The van der Waals surface area contributed by atoms with Crippen molar-refractivity contribution in [2.75, 3.05) is 18.0 Å². The maximum Gasteiger partial charge on any atom is 0.416 e. The van der Waals surface area contributed by atoms with Crippen LogP contribution in [0.5, 0.6) is 0 Å². The molecule has 1 atom stereocenters. The minimum Gasteiger partial charge on any atom is -0.329 e. The maximum absolute atomic E-state index is 14.2. The molecule has 0 saturated heterocycles. The average Bonchev–Trinajstić information content (AvgIpc) is 3.47. The summed E-state index contributed by atoms with van der Waals surface area (Å²) in [5, 5.41) is 0. The summed E-state index contributed by atoms with van der Waals surface area (Å²) in [4.78, 5) is 30.2. The van der Waals surface area contributed by atoms with Crippen LogP contribution in [0.2, 0.25) is 0 Å². The Morgan fingerprint density at radius 3 is 2.02 bits per heavy atom. The van der Waals surface area contributed by atoms with Crippen LogP contribution < -0.4 is 4.90 Å². The lowest BCUT2D eigenvalue weighted by Gasteiger charge is -2.39. The molecule has 0 saturated carbocycles. The van der Waals surface area contributed by atoms with E-state index in [4.69, 9.17) is 0 Å². The van der Waals surface area contributed by atoms with Crippen LogP contribution in [0.1, 0.15) is 58.5 Å². The van der Waals surface area contributed by atoms with Crippen molar-refractivity contribution in [3.05, 3.63) is 119 Å². The maximum atomic E-state index is 14.2. The minimum absolute atomic E-state index is 0.0502. The first-order valence-electron chi connectivity index (χ1n) is 13.7. The third-order valence-electron chi connectivity index (χ3n) is 7.40. The summed E-state index contributed by atoms with van der Waals surface area (Å²) in [5.74, 6) is -2.27. The van der Waals surface area contributed by atoms with Gasteiger partial charge in [0.15, 0.2) is 0 Å². The molecular formula is C32H26F7N3O2. The molecule has 44 heavy (non-hydrogen) atoms. The third-order valence-corrected chi connectivity index (χ3v) is 7.40.